The van der Waals surface area contributed by atoms with Gasteiger partial charge in [0.05, 0.1) is 5.56 Å². The van der Waals surface area contributed by atoms with E-state index in [0.717, 1.165) is 24.3 Å². The lowest BCUT2D eigenvalue weighted by Crippen LogP contribution is -2.17. The monoisotopic (exact) mass is 606 g/mol. The summed E-state index contributed by atoms with van der Waals surface area (Å²) in [6.07, 6.45) is -9.56. The minimum Gasteiger partial charge on any atom is -0.406 e. The molecular weight excluding hydrogens is 594 g/mol. The maximum absolute atomic E-state index is 13.4. The van der Waals surface area contributed by atoms with Gasteiger partial charge >= 0.3 is 12.5 Å². The Hall–Kier alpha value is -6.30. The predicted octanol–water partition coefficient (Wildman–Crippen LogP) is 8.93. The minimum absolute atomic E-state index is 0.0517. The van der Waals surface area contributed by atoms with Crippen LogP contribution >= 0.6 is 0 Å². The molecule has 0 heterocycles. The van der Waals surface area contributed by atoms with Crippen LogP contribution in [-0.4, -0.2) is 6.36 Å². The molecule has 0 aliphatic heterocycles. The average Bonchev–Trinajstić information content (AvgIpc) is 3.48. The summed E-state index contributed by atoms with van der Waals surface area (Å²) < 4.78 is 83.3. The van der Waals surface area contributed by atoms with E-state index < -0.39 is 23.9 Å². The van der Waals surface area contributed by atoms with E-state index >= 15 is 0 Å². The van der Waals surface area contributed by atoms with E-state index in [0.29, 0.717) is 44.5 Å². The van der Waals surface area contributed by atoms with Crippen molar-refractivity contribution in [2.75, 3.05) is 0 Å². The highest BCUT2D eigenvalue weighted by Crippen LogP contribution is 2.54. The van der Waals surface area contributed by atoms with Gasteiger partial charge < -0.3 is 4.74 Å². The van der Waals surface area contributed by atoms with Crippen molar-refractivity contribution in [2.45, 2.75) is 12.5 Å². The molecule has 0 amide bonds. The smallest absolute Gasteiger partial charge is 0.406 e. The van der Waals surface area contributed by atoms with Crippen molar-refractivity contribution in [3.63, 3.8) is 0 Å². The highest BCUT2D eigenvalue weighted by Gasteiger charge is 2.36. The van der Waals surface area contributed by atoms with Gasteiger partial charge in [-0.2, -0.15) is 34.2 Å². The van der Waals surface area contributed by atoms with Crippen LogP contribution in [0.5, 0.6) is 5.75 Å². The number of benzene rings is 4. The summed E-state index contributed by atoms with van der Waals surface area (Å²) in [7, 11) is 0. The van der Waals surface area contributed by atoms with Crippen molar-refractivity contribution < 1.29 is 31.1 Å². The first kappa shape index (κ1) is 28.8. The molecule has 2 aliphatic rings. The molecule has 0 saturated carbocycles. The van der Waals surface area contributed by atoms with Crippen LogP contribution < -0.4 is 4.74 Å². The lowest BCUT2D eigenvalue weighted by Gasteiger charge is -2.11. The van der Waals surface area contributed by atoms with Crippen molar-refractivity contribution in [2.24, 2.45) is 0 Å². The van der Waals surface area contributed by atoms with Crippen LogP contribution in [0.25, 0.3) is 44.5 Å². The second-order valence-electron chi connectivity index (χ2n) is 9.98. The van der Waals surface area contributed by atoms with Crippen molar-refractivity contribution in [1.82, 2.24) is 0 Å². The van der Waals surface area contributed by atoms with E-state index in [9.17, 15) is 47.4 Å². The number of halogens is 6. The molecule has 0 N–H and O–H groups in total. The molecule has 0 fully saturated rings. The van der Waals surface area contributed by atoms with Crippen LogP contribution in [0, 0.1) is 45.3 Å². The quantitative estimate of drug-likeness (QED) is 0.145. The molecule has 0 spiro atoms. The zero-order chi connectivity index (χ0) is 32.3. The summed E-state index contributed by atoms with van der Waals surface area (Å²) in [6.45, 7) is 0. The molecule has 0 aromatic heterocycles. The van der Waals surface area contributed by atoms with Gasteiger partial charge in [-0.05, 0) is 98.1 Å². The lowest BCUT2D eigenvalue weighted by atomic mass is 9.92. The van der Waals surface area contributed by atoms with Gasteiger partial charge in [-0.25, -0.2) is 0 Å². The maximum Gasteiger partial charge on any atom is 0.573 e. The van der Waals surface area contributed by atoms with Crippen LogP contribution in [0.2, 0.25) is 0 Å². The molecule has 0 radical (unpaired) electrons. The Morgan fingerprint density at radius 3 is 1.53 bits per heavy atom. The third-order valence-corrected chi connectivity index (χ3v) is 7.53. The summed E-state index contributed by atoms with van der Waals surface area (Å²) in [4.78, 5) is 0. The van der Waals surface area contributed by atoms with Gasteiger partial charge in [0.15, 0.2) is 0 Å². The fraction of sp³-hybridized carbons (Fsp3) is 0.0588. The zero-order valence-corrected chi connectivity index (χ0v) is 22.4. The van der Waals surface area contributed by atoms with Crippen molar-refractivity contribution in [1.29, 1.82) is 21.0 Å². The molecule has 45 heavy (non-hydrogen) atoms. The molecular formula is C34H12F6N4O. The van der Waals surface area contributed by atoms with Crippen LogP contribution in [0.1, 0.15) is 27.8 Å². The summed E-state index contributed by atoms with van der Waals surface area (Å²) in [5.41, 5.74) is 2.59. The summed E-state index contributed by atoms with van der Waals surface area (Å²) in [5, 5.41) is 39.2. The Labute approximate surface area is 251 Å². The SMILES string of the molecule is N#CC(C#N)=C1c2cc(OC(F)(F)F)ccc2-c2cc3c(cc21)C(=C(C#N)C#N)c1cc(-c2cccc(C(F)(F)F)c2)ccc1-3. The number of ether oxygens (including phenoxy) is 1. The molecule has 0 saturated heterocycles. The first-order valence-electron chi connectivity index (χ1n) is 12.9. The Balaban J connectivity index is 1.61. The Kier molecular flexibility index (Phi) is 6.50. The number of allylic oxidation sites excluding steroid dienone is 2. The molecule has 4 aromatic carbocycles. The fourth-order valence-corrected chi connectivity index (χ4v) is 5.76. The standard InChI is InChI=1S/C34H12F6N4O/c35-33(36,37)21-3-1-2-17(8-21)18-4-6-23-25-11-26-24-7-5-22(45-34(38,39)40)10-28(24)32(20(15-43)16-44)30(26)12-29(25)31(27(23)9-18)19(13-41)14-42/h1-12H. The van der Waals surface area contributed by atoms with Gasteiger partial charge in [-0.3, -0.25) is 0 Å². The highest BCUT2D eigenvalue weighted by molar-refractivity contribution is 6.11. The number of rotatable bonds is 2. The van der Waals surface area contributed by atoms with Crippen LogP contribution in [0.3, 0.4) is 0 Å². The van der Waals surface area contributed by atoms with Gasteiger partial charge in [-0.15, -0.1) is 13.2 Å². The molecule has 0 atom stereocenters. The second kappa shape index (κ2) is 10.2. The molecule has 216 valence electrons. The highest BCUT2D eigenvalue weighted by atomic mass is 19.4. The third kappa shape index (κ3) is 4.74. The number of nitrogens with zero attached hydrogens (tertiary/aromatic N) is 4. The molecule has 4 aromatic rings. The van der Waals surface area contributed by atoms with E-state index in [2.05, 4.69) is 4.74 Å². The van der Waals surface area contributed by atoms with Gasteiger partial charge in [0.1, 0.15) is 41.2 Å². The summed E-state index contributed by atoms with van der Waals surface area (Å²) in [5.74, 6) is -0.557. The van der Waals surface area contributed by atoms with Crippen LogP contribution in [0.15, 0.2) is 83.9 Å². The van der Waals surface area contributed by atoms with E-state index in [-0.39, 0.29) is 33.4 Å². The summed E-state index contributed by atoms with van der Waals surface area (Å²) >= 11 is 0. The molecule has 2 aliphatic carbocycles. The first-order valence-corrected chi connectivity index (χ1v) is 12.9. The van der Waals surface area contributed by atoms with E-state index in [1.54, 1.807) is 42.5 Å². The van der Waals surface area contributed by atoms with Crippen molar-refractivity contribution in [3.8, 4) is 63.4 Å². The second-order valence-corrected chi connectivity index (χ2v) is 9.98. The van der Waals surface area contributed by atoms with Gasteiger partial charge in [0, 0.05) is 11.1 Å². The number of hydrogen-bond acceptors (Lipinski definition) is 5. The Morgan fingerprint density at radius 1 is 0.511 bits per heavy atom. The Morgan fingerprint density at radius 2 is 1.00 bits per heavy atom. The molecule has 0 unspecified atom stereocenters. The predicted molar refractivity (Wildman–Crippen MR) is 149 cm³/mol. The van der Waals surface area contributed by atoms with Crippen LogP contribution in [0.4, 0.5) is 26.3 Å². The molecule has 5 nitrogen and oxygen atoms in total. The number of alkyl halides is 6. The zero-order valence-electron chi connectivity index (χ0n) is 22.4. The van der Waals surface area contributed by atoms with E-state index in [1.165, 1.54) is 18.2 Å². The lowest BCUT2D eigenvalue weighted by molar-refractivity contribution is -0.274. The number of hydrogen-bond donors (Lipinski definition) is 0. The molecule has 11 heteroatoms. The van der Waals surface area contributed by atoms with Gasteiger partial charge in [0.25, 0.3) is 0 Å². The fourth-order valence-electron chi connectivity index (χ4n) is 5.76. The third-order valence-electron chi connectivity index (χ3n) is 7.53. The van der Waals surface area contributed by atoms with Crippen molar-refractivity contribution in [3.05, 3.63) is 112 Å². The van der Waals surface area contributed by atoms with Crippen LogP contribution in [-0.2, 0) is 6.18 Å². The maximum atomic E-state index is 13.4. The average molecular weight is 606 g/mol. The minimum atomic E-state index is -4.99. The number of nitriles is 4. The van der Waals surface area contributed by atoms with Crippen molar-refractivity contribution >= 4 is 11.1 Å². The van der Waals surface area contributed by atoms with E-state index in [4.69, 9.17) is 0 Å². The molecule has 6 rings (SSSR count). The largest absolute Gasteiger partial charge is 0.573 e. The summed E-state index contributed by atoms with van der Waals surface area (Å²) in [6, 6.07) is 23.7. The normalized spacial score (nSPS) is 12.5. The Bertz CT molecular complexity index is 2180. The van der Waals surface area contributed by atoms with Gasteiger partial charge in [-0.1, -0.05) is 30.3 Å². The number of fused-ring (bicyclic) bond motifs is 6. The van der Waals surface area contributed by atoms with E-state index in [1.807, 2.05) is 12.1 Å². The molecule has 0 bridgehead atoms. The topological polar surface area (TPSA) is 104 Å². The van der Waals surface area contributed by atoms with Gasteiger partial charge in [0.2, 0.25) is 0 Å². The first-order chi connectivity index (χ1) is 21.4.